The molecule has 0 spiro atoms. The lowest BCUT2D eigenvalue weighted by atomic mass is 10.2. The molecule has 1 N–H and O–H groups in total. The number of aromatic nitrogens is 1. The van der Waals surface area contributed by atoms with Crippen molar-refractivity contribution >= 4 is 22.6 Å². The second-order valence-corrected chi connectivity index (χ2v) is 5.11. The fourth-order valence-corrected chi connectivity index (χ4v) is 2.22. The predicted octanol–water partition coefficient (Wildman–Crippen LogP) is 3.60. The monoisotopic (exact) mass is 303 g/mol. The van der Waals surface area contributed by atoms with Crippen molar-refractivity contribution in [3.8, 4) is 5.75 Å². The van der Waals surface area contributed by atoms with E-state index < -0.39 is 0 Å². The molecule has 0 bridgehead atoms. The van der Waals surface area contributed by atoms with E-state index in [2.05, 4.69) is 5.16 Å². The fraction of sp³-hybridized carbons (Fsp3) is 0.188. The van der Waals surface area contributed by atoms with Crippen LogP contribution in [0.2, 0.25) is 5.02 Å². The van der Waals surface area contributed by atoms with Gasteiger partial charge in [-0.2, -0.15) is 0 Å². The summed E-state index contributed by atoms with van der Waals surface area (Å²) in [5, 5.41) is 14.5. The van der Waals surface area contributed by atoms with Gasteiger partial charge in [-0.15, -0.1) is 0 Å². The molecule has 1 aromatic heterocycles. The molecular formula is C16H14ClNO3. The second kappa shape index (κ2) is 6.16. The van der Waals surface area contributed by atoms with Crippen LogP contribution in [0.5, 0.6) is 5.75 Å². The van der Waals surface area contributed by atoms with E-state index in [9.17, 15) is 0 Å². The molecule has 2 aromatic carbocycles. The smallest absolute Gasteiger partial charge is 0.170 e. The van der Waals surface area contributed by atoms with Gasteiger partial charge in [0.05, 0.1) is 5.69 Å². The van der Waals surface area contributed by atoms with Crippen LogP contribution >= 0.6 is 11.6 Å². The van der Waals surface area contributed by atoms with E-state index in [-0.39, 0.29) is 6.61 Å². The Labute approximate surface area is 126 Å². The van der Waals surface area contributed by atoms with E-state index in [4.69, 9.17) is 26.0 Å². The van der Waals surface area contributed by atoms with Crippen LogP contribution in [0.15, 0.2) is 47.0 Å². The Kier molecular flexibility index (Phi) is 4.08. The van der Waals surface area contributed by atoms with Gasteiger partial charge in [-0.25, -0.2) is 0 Å². The Balaban J connectivity index is 1.74. The highest BCUT2D eigenvalue weighted by Gasteiger charge is 2.08. The van der Waals surface area contributed by atoms with Gasteiger partial charge < -0.3 is 14.4 Å². The van der Waals surface area contributed by atoms with Crippen molar-refractivity contribution in [1.29, 1.82) is 0 Å². The number of aliphatic hydroxyl groups excluding tert-OH is 1. The fourth-order valence-electron chi connectivity index (χ4n) is 2.09. The molecule has 0 unspecified atom stereocenters. The zero-order valence-corrected chi connectivity index (χ0v) is 12.0. The molecule has 0 saturated heterocycles. The third-order valence-corrected chi connectivity index (χ3v) is 3.44. The quantitative estimate of drug-likeness (QED) is 0.782. The third kappa shape index (κ3) is 3.17. The minimum absolute atomic E-state index is 0.0520. The molecule has 0 radical (unpaired) electrons. The average Bonchev–Trinajstić information content (AvgIpc) is 2.90. The zero-order chi connectivity index (χ0) is 14.7. The van der Waals surface area contributed by atoms with E-state index in [1.807, 2.05) is 36.4 Å². The molecule has 0 aliphatic rings. The Morgan fingerprint density at radius 2 is 1.95 bits per heavy atom. The van der Waals surface area contributed by atoms with E-state index in [1.54, 1.807) is 6.07 Å². The Bertz CT molecular complexity index is 737. The minimum atomic E-state index is 0.0520. The maximum atomic E-state index is 8.97. The summed E-state index contributed by atoms with van der Waals surface area (Å²) in [6.45, 7) is 0.511. The molecule has 0 fully saturated rings. The molecule has 0 amide bonds. The van der Waals surface area contributed by atoms with Crippen LogP contribution in [0.25, 0.3) is 11.0 Å². The van der Waals surface area contributed by atoms with E-state index in [0.717, 1.165) is 16.6 Å². The number of rotatable bonds is 5. The summed E-state index contributed by atoms with van der Waals surface area (Å²) in [4.78, 5) is 0. The summed E-state index contributed by atoms with van der Waals surface area (Å²) in [6, 6.07) is 13.1. The Hall–Kier alpha value is -2.04. The topological polar surface area (TPSA) is 55.5 Å². The number of nitrogens with zero attached hydrogens (tertiary/aromatic N) is 1. The highest BCUT2D eigenvalue weighted by molar-refractivity contribution is 6.30. The number of ether oxygens (including phenoxy) is 1. The number of benzene rings is 2. The van der Waals surface area contributed by atoms with Gasteiger partial charge in [-0.05, 0) is 29.8 Å². The van der Waals surface area contributed by atoms with Crippen LogP contribution < -0.4 is 4.74 Å². The summed E-state index contributed by atoms with van der Waals surface area (Å²) in [7, 11) is 0. The maximum absolute atomic E-state index is 8.97. The first-order valence-electron chi connectivity index (χ1n) is 6.62. The molecule has 108 valence electrons. The molecule has 21 heavy (non-hydrogen) atoms. The molecule has 0 saturated carbocycles. The first kappa shape index (κ1) is 13.9. The first-order chi connectivity index (χ1) is 10.3. The normalized spacial score (nSPS) is 11.0. The number of aliphatic hydroxyl groups is 1. The highest BCUT2D eigenvalue weighted by Crippen LogP contribution is 2.24. The Morgan fingerprint density at radius 1 is 1.14 bits per heavy atom. The first-order valence-corrected chi connectivity index (χ1v) is 7.00. The number of fused-ring (bicyclic) bond motifs is 1. The van der Waals surface area contributed by atoms with Crippen molar-refractivity contribution in [1.82, 2.24) is 5.16 Å². The number of halogens is 1. The van der Waals surface area contributed by atoms with E-state index >= 15 is 0 Å². The van der Waals surface area contributed by atoms with Gasteiger partial charge in [0, 0.05) is 29.5 Å². The van der Waals surface area contributed by atoms with Crippen LogP contribution in [0.4, 0.5) is 0 Å². The van der Waals surface area contributed by atoms with E-state index in [0.29, 0.717) is 29.4 Å². The summed E-state index contributed by atoms with van der Waals surface area (Å²) in [6.07, 6.45) is 0.484. The van der Waals surface area contributed by atoms with Gasteiger partial charge >= 0.3 is 0 Å². The minimum Gasteiger partial charge on any atom is -0.489 e. The van der Waals surface area contributed by atoms with E-state index in [1.165, 1.54) is 0 Å². The molecule has 0 atom stereocenters. The molecule has 1 heterocycles. The van der Waals surface area contributed by atoms with Crippen LogP contribution in [-0.4, -0.2) is 16.9 Å². The van der Waals surface area contributed by atoms with Crippen molar-refractivity contribution in [2.75, 3.05) is 6.61 Å². The predicted molar refractivity (Wildman–Crippen MR) is 80.6 cm³/mol. The zero-order valence-electron chi connectivity index (χ0n) is 11.3. The van der Waals surface area contributed by atoms with Crippen molar-refractivity contribution in [3.63, 3.8) is 0 Å². The standard InChI is InChI=1S/C16H14ClNO3/c17-12-3-1-11(2-4-12)10-20-13-5-6-14-15(7-8-19)18-21-16(14)9-13/h1-6,9,19H,7-8,10H2. The van der Waals surface area contributed by atoms with Crippen molar-refractivity contribution in [3.05, 3.63) is 58.7 Å². The van der Waals surface area contributed by atoms with Gasteiger partial charge in [-0.1, -0.05) is 28.9 Å². The van der Waals surface area contributed by atoms with Gasteiger partial charge in [0.15, 0.2) is 5.58 Å². The third-order valence-electron chi connectivity index (χ3n) is 3.19. The molecule has 0 aliphatic heterocycles. The number of hydrogen-bond acceptors (Lipinski definition) is 4. The summed E-state index contributed by atoms with van der Waals surface area (Å²) in [5.74, 6) is 0.712. The highest BCUT2D eigenvalue weighted by atomic mass is 35.5. The number of hydrogen-bond donors (Lipinski definition) is 1. The summed E-state index contributed by atoms with van der Waals surface area (Å²) in [5.41, 5.74) is 2.46. The molecule has 4 nitrogen and oxygen atoms in total. The van der Waals surface area contributed by atoms with Gasteiger partial charge in [-0.3, -0.25) is 0 Å². The van der Waals surface area contributed by atoms with Crippen molar-refractivity contribution in [2.45, 2.75) is 13.0 Å². The van der Waals surface area contributed by atoms with Gasteiger partial charge in [0.1, 0.15) is 12.4 Å². The lowest BCUT2D eigenvalue weighted by Crippen LogP contribution is -1.95. The largest absolute Gasteiger partial charge is 0.489 e. The molecule has 0 aliphatic carbocycles. The molecular weight excluding hydrogens is 290 g/mol. The summed E-state index contributed by atoms with van der Waals surface area (Å²) >= 11 is 5.84. The van der Waals surface area contributed by atoms with Crippen LogP contribution in [0, 0.1) is 0 Å². The summed E-state index contributed by atoms with van der Waals surface area (Å²) < 4.78 is 11.0. The lowest BCUT2D eigenvalue weighted by molar-refractivity contribution is 0.295. The Morgan fingerprint density at radius 3 is 2.71 bits per heavy atom. The maximum Gasteiger partial charge on any atom is 0.170 e. The van der Waals surface area contributed by atoms with Gasteiger partial charge in [0.25, 0.3) is 0 Å². The van der Waals surface area contributed by atoms with Gasteiger partial charge in [0.2, 0.25) is 0 Å². The molecule has 5 heteroatoms. The van der Waals surface area contributed by atoms with Crippen molar-refractivity contribution < 1.29 is 14.4 Å². The van der Waals surface area contributed by atoms with Crippen molar-refractivity contribution in [2.24, 2.45) is 0 Å². The van der Waals surface area contributed by atoms with Crippen LogP contribution in [0.3, 0.4) is 0 Å². The molecule has 3 rings (SSSR count). The SMILES string of the molecule is OCCc1noc2cc(OCc3ccc(Cl)cc3)ccc12. The molecule has 3 aromatic rings. The van der Waals surface area contributed by atoms with Crippen LogP contribution in [0.1, 0.15) is 11.3 Å². The lowest BCUT2D eigenvalue weighted by Gasteiger charge is -2.06. The average molecular weight is 304 g/mol. The second-order valence-electron chi connectivity index (χ2n) is 4.68. The van der Waals surface area contributed by atoms with Crippen LogP contribution in [-0.2, 0) is 13.0 Å².